The molecule has 37 heavy (non-hydrogen) atoms. The molecular formula is C23H24F2N10O2. The van der Waals surface area contributed by atoms with Gasteiger partial charge >= 0.3 is 6.03 Å². The smallest absolute Gasteiger partial charge is 0.321 e. The Labute approximate surface area is 209 Å². The van der Waals surface area contributed by atoms with E-state index in [0.29, 0.717) is 34.5 Å². The first-order chi connectivity index (χ1) is 17.8. The van der Waals surface area contributed by atoms with Gasteiger partial charge < -0.3 is 26.6 Å². The molecule has 0 bridgehead atoms. The SMILES string of the molecule is CCNC(=O)Nc1nc2cc(OC)c(-c3cnc(N)c(C(N=NN)=NC4CC=CC(F)=C4F)c3)cc2[nH]1. The summed E-state index contributed by atoms with van der Waals surface area (Å²) in [6.07, 6.45) is 4.12. The molecular weight excluding hydrogens is 486 g/mol. The molecule has 0 saturated heterocycles. The number of H-pyrrole nitrogens is 1. The van der Waals surface area contributed by atoms with Crippen LogP contribution in [0.15, 0.2) is 63.5 Å². The Morgan fingerprint density at radius 2 is 2.14 bits per heavy atom. The number of aliphatic imine (C=N–C) groups is 1. The number of anilines is 2. The Balaban J connectivity index is 1.77. The standard InChI is InChI=1S/C23H24F2N10O2/c1-3-28-23(36)33-22-31-16-8-12(18(37-2)9-17(16)32-22)11-7-13(20(26)29-10-11)21(34-35-27)30-15-6-4-5-14(24)19(15)25/h4-5,7-10,15H,3,6H2,1-2H3,(H2,26,29)(H2,27,30,34)(H3,28,31,32,33,36). The van der Waals surface area contributed by atoms with Crippen molar-refractivity contribution < 1.29 is 18.3 Å². The van der Waals surface area contributed by atoms with E-state index in [9.17, 15) is 13.6 Å². The number of ether oxygens (including phenoxy) is 1. The molecule has 7 N–H and O–H groups in total. The van der Waals surface area contributed by atoms with Gasteiger partial charge in [0.1, 0.15) is 17.6 Å². The summed E-state index contributed by atoms with van der Waals surface area (Å²) in [6.45, 7) is 2.26. The van der Waals surface area contributed by atoms with E-state index in [1.807, 2.05) is 0 Å². The Hall–Kier alpha value is -4.88. The van der Waals surface area contributed by atoms with Crippen molar-refractivity contribution in [1.82, 2.24) is 20.3 Å². The van der Waals surface area contributed by atoms with Crippen molar-refractivity contribution in [2.24, 2.45) is 21.2 Å². The van der Waals surface area contributed by atoms with E-state index in [4.69, 9.17) is 16.3 Å². The summed E-state index contributed by atoms with van der Waals surface area (Å²) >= 11 is 0. The van der Waals surface area contributed by atoms with Crippen LogP contribution in [0.25, 0.3) is 22.2 Å². The van der Waals surface area contributed by atoms with E-state index in [1.165, 1.54) is 19.4 Å². The molecule has 0 radical (unpaired) electrons. The lowest BCUT2D eigenvalue weighted by Crippen LogP contribution is -2.28. The minimum atomic E-state index is -1.15. The fourth-order valence-corrected chi connectivity index (χ4v) is 3.71. The number of hydrogen-bond acceptors (Lipinski definition) is 7. The highest BCUT2D eigenvalue weighted by Gasteiger charge is 2.23. The number of rotatable bonds is 6. The number of benzene rings is 1. The van der Waals surface area contributed by atoms with E-state index in [1.54, 1.807) is 25.1 Å². The highest BCUT2D eigenvalue weighted by atomic mass is 19.2. The third-order valence-electron chi connectivity index (χ3n) is 5.42. The summed E-state index contributed by atoms with van der Waals surface area (Å²) in [6, 6.07) is 3.50. The minimum absolute atomic E-state index is 0.0288. The Morgan fingerprint density at radius 1 is 1.32 bits per heavy atom. The lowest BCUT2D eigenvalue weighted by Gasteiger charge is -2.14. The number of urea groups is 1. The number of nitrogens with one attached hydrogen (secondary N) is 3. The van der Waals surface area contributed by atoms with Gasteiger partial charge in [0.05, 0.1) is 23.7 Å². The van der Waals surface area contributed by atoms with Crippen molar-refractivity contribution in [3.63, 3.8) is 0 Å². The van der Waals surface area contributed by atoms with Gasteiger partial charge in [-0.2, -0.15) is 0 Å². The van der Waals surface area contributed by atoms with E-state index < -0.39 is 23.7 Å². The molecule has 3 aromatic rings. The molecule has 0 fully saturated rings. The topological polar surface area (TPSA) is 181 Å². The van der Waals surface area contributed by atoms with Gasteiger partial charge in [0, 0.05) is 29.9 Å². The van der Waals surface area contributed by atoms with Crippen LogP contribution in [0.4, 0.5) is 25.3 Å². The van der Waals surface area contributed by atoms with Crippen molar-refractivity contribution in [2.45, 2.75) is 19.4 Å². The number of carbonyl (C=O) groups is 1. The van der Waals surface area contributed by atoms with E-state index in [0.717, 1.165) is 6.08 Å². The van der Waals surface area contributed by atoms with Crippen LogP contribution in [0.1, 0.15) is 18.9 Å². The molecule has 192 valence electrons. The molecule has 0 spiro atoms. The number of carbonyl (C=O) groups excluding carboxylic acids is 1. The van der Waals surface area contributed by atoms with Gasteiger partial charge in [0.25, 0.3) is 0 Å². The second kappa shape index (κ2) is 10.8. The molecule has 2 aromatic heterocycles. The lowest BCUT2D eigenvalue weighted by molar-refractivity contribution is 0.252. The van der Waals surface area contributed by atoms with E-state index in [2.05, 4.69) is 40.9 Å². The second-order valence-electron chi connectivity index (χ2n) is 7.81. The number of amides is 2. The van der Waals surface area contributed by atoms with Crippen LogP contribution in [0.5, 0.6) is 5.75 Å². The summed E-state index contributed by atoms with van der Waals surface area (Å²) in [7, 11) is 1.49. The zero-order chi connectivity index (χ0) is 26.5. The molecule has 1 aromatic carbocycles. The van der Waals surface area contributed by atoms with Gasteiger partial charge in [-0.1, -0.05) is 11.3 Å². The van der Waals surface area contributed by atoms with Gasteiger partial charge in [-0.3, -0.25) is 10.3 Å². The molecule has 0 aliphatic heterocycles. The molecule has 1 aliphatic carbocycles. The summed E-state index contributed by atoms with van der Waals surface area (Å²) in [5.41, 5.74) is 8.58. The van der Waals surface area contributed by atoms with Gasteiger partial charge in [0.15, 0.2) is 17.5 Å². The Morgan fingerprint density at radius 3 is 2.86 bits per heavy atom. The van der Waals surface area contributed by atoms with E-state index in [-0.39, 0.29) is 29.6 Å². The maximum atomic E-state index is 14.3. The maximum absolute atomic E-state index is 14.3. The molecule has 1 aliphatic rings. The van der Waals surface area contributed by atoms with Crippen LogP contribution in [0.2, 0.25) is 0 Å². The molecule has 14 heteroatoms. The number of nitrogens with zero attached hydrogens (tertiary/aromatic N) is 5. The van der Waals surface area contributed by atoms with E-state index >= 15 is 0 Å². The summed E-state index contributed by atoms with van der Waals surface area (Å²) in [5.74, 6) is 3.82. The largest absolute Gasteiger partial charge is 0.496 e. The number of aromatic amines is 1. The zero-order valence-corrected chi connectivity index (χ0v) is 19.9. The third kappa shape index (κ3) is 5.37. The first-order valence-corrected chi connectivity index (χ1v) is 11.1. The summed E-state index contributed by atoms with van der Waals surface area (Å²) in [5, 5.41) is 12.3. The van der Waals surface area contributed by atoms with Crippen molar-refractivity contribution in [3.05, 3.63) is 53.8 Å². The summed E-state index contributed by atoms with van der Waals surface area (Å²) in [4.78, 5) is 27.7. The van der Waals surface area contributed by atoms with Crippen LogP contribution in [0, 0.1) is 0 Å². The van der Waals surface area contributed by atoms with Gasteiger partial charge in [-0.25, -0.2) is 23.5 Å². The number of hydrogen-bond donors (Lipinski definition) is 5. The van der Waals surface area contributed by atoms with Gasteiger partial charge in [-0.05, 0) is 31.6 Å². The summed E-state index contributed by atoms with van der Waals surface area (Å²) < 4.78 is 33.6. The normalized spacial score (nSPS) is 16.0. The quantitative estimate of drug-likeness (QED) is 0.110. The monoisotopic (exact) mass is 510 g/mol. The number of pyridine rings is 1. The number of amidine groups is 1. The number of methoxy groups -OCH3 is 1. The first kappa shape index (κ1) is 25.2. The van der Waals surface area contributed by atoms with Crippen molar-refractivity contribution in [3.8, 4) is 16.9 Å². The molecule has 2 heterocycles. The number of nitrogens with two attached hydrogens (primary N) is 2. The van der Waals surface area contributed by atoms with Crippen LogP contribution in [-0.4, -0.2) is 46.5 Å². The second-order valence-corrected chi connectivity index (χ2v) is 7.81. The minimum Gasteiger partial charge on any atom is -0.496 e. The Kier molecular flexibility index (Phi) is 7.36. The van der Waals surface area contributed by atoms with Gasteiger partial charge in [0.2, 0.25) is 5.95 Å². The molecule has 1 unspecified atom stereocenters. The van der Waals surface area contributed by atoms with Crippen LogP contribution in [0.3, 0.4) is 0 Å². The van der Waals surface area contributed by atoms with Crippen LogP contribution in [-0.2, 0) is 0 Å². The number of halogens is 2. The van der Waals surface area contributed by atoms with Crippen LogP contribution < -0.4 is 26.9 Å². The molecule has 1 atom stereocenters. The first-order valence-electron chi connectivity index (χ1n) is 11.1. The third-order valence-corrected chi connectivity index (χ3v) is 5.42. The molecule has 12 nitrogen and oxygen atoms in total. The predicted octanol–water partition coefficient (Wildman–Crippen LogP) is 3.91. The fourth-order valence-electron chi connectivity index (χ4n) is 3.71. The van der Waals surface area contributed by atoms with Crippen molar-refractivity contribution >= 4 is 34.7 Å². The van der Waals surface area contributed by atoms with Crippen molar-refractivity contribution in [1.29, 1.82) is 0 Å². The predicted molar refractivity (Wildman–Crippen MR) is 135 cm³/mol. The lowest BCUT2D eigenvalue weighted by atomic mass is 10.0. The average Bonchev–Trinajstić information content (AvgIpc) is 3.27. The molecule has 2 amide bonds. The van der Waals surface area contributed by atoms with Crippen molar-refractivity contribution in [2.75, 3.05) is 24.7 Å². The fraction of sp³-hybridized carbons (Fsp3) is 0.217. The average molecular weight is 511 g/mol. The molecule has 4 rings (SSSR count). The maximum Gasteiger partial charge on any atom is 0.321 e. The number of allylic oxidation sites excluding steroid dienone is 2. The number of fused-ring (bicyclic) bond motifs is 1. The highest BCUT2D eigenvalue weighted by molar-refractivity contribution is 6.04. The zero-order valence-electron chi connectivity index (χ0n) is 19.9. The van der Waals surface area contributed by atoms with Crippen LogP contribution >= 0.6 is 0 Å². The number of aromatic nitrogens is 3. The Bertz CT molecular complexity index is 1460. The van der Waals surface area contributed by atoms with Gasteiger partial charge in [-0.15, -0.1) is 5.11 Å². The molecule has 0 saturated carbocycles. The highest BCUT2D eigenvalue weighted by Crippen LogP contribution is 2.35. The number of nitrogen functional groups attached to an aromatic ring is 1. The number of imidazole rings is 1.